The van der Waals surface area contributed by atoms with Gasteiger partial charge in [0.05, 0.1) is 51.8 Å². The third-order valence-corrected chi connectivity index (χ3v) is 13.8. The number of rotatable bonds is 18. The van der Waals surface area contributed by atoms with E-state index >= 15 is 17.6 Å². The minimum Gasteiger partial charge on any atom is -0.497 e. The van der Waals surface area contributed by atoms with Gasteiger partial charge < -0.3 is 38.4 Å². The highest BCUT2D eigenvalue weighted by atomic mass is 32.2. The van der Waals surface area contributed by atoms with E-state index in [1.54, 1.807) is 65.2 Å². The molecule has 1 unspecified atom stereocenters. The van der Waals surface area contributed by atoms with Gasteiger partial charge in [0.1, 0.15) is 63.7 Å². The van der Waals surface area contributed by atoms with E-state index in [9.17, 15) is 0 Å². The molecule has 1 aliphatic heterocycles. The standard InChI is InChI=1S/C57H56F4N8O5S/c1-34-33-74-55-48-52(50(58)51(64-55)46-28-47(63-35(2)49(46)57(59,60)61)67(29-37-11-19-41(70-4)20-12-37)30-38-13-21-42(71-5)22-14-38)65-56(75-8)66-54(48)69(34)36(3)45-10-9-27-62-53(45)68(31-39-15-23-43(72-6)24-16-39)32-40-17-25-44(73-7)26-18-40/h9-28,34,36H,29-33H2,1-8H3/t34-,36?/m0/s1. The van der Waals surface area contributed by atoms with Gasteiger partial charge >= 0.3 is 6.18 Å². The molecule has 0 N–H and O–H groups in total. The molecule has 0 amide bonds. The molecule has 2 atom stereocenters. The Balaban J connectivity index is 1.17. The van der Waals surface area contributed by atoms with E-state index in [2.05, 4.69) is 19.9 Å². The lowest BCUT2D eigenvalue weighted by Gasteiger charge is -2.37. The largest absolute Gasteiger partial charge is 0.497 e. The first-order valence-electron chi connectivity index (χ1n) is 24.1. The van der Waals surface area contributed by atoms with Crippen molar-refractivity contribution in [2.45, 2.75) is 70.4 Å². The van der Waals surface area contributed by atoms with Gasteiger partial charge in [-0.25, -0.2) is 29.3 Å². The quantitative estimate of drug-likeness (QED) is 0.0460. The molecule has 9 rings (SSSR count). The van der Waals surface area contributed by atoms with Crippen molar-refractivity contribution in [1.29, 1.82) is 0 Å². The van der Waals surface area contributed by atoms with Gasteiger partial charge in [0.15, 0.2) is 11.0 Å². The van der Waals surface area contributed by atoms with Crippen LogP contribution in [0.1, 0.15) is 59.0 Å². The number of aryl methyl sites for hydroxylation is 1. The summed E-state index contributed by atoms with van der Waals surface area (Å²) in [5.41, 5.74) is 1.71. The van der Waals surface area contributed by atoms with E-state index in [0.717, 1.165) is 39.3 Å². The van der Waals surface area contributed by atoms with Crippen LogP contribution in [0, 0.1) is 12.7 Å². The molecule has 0 aliphatic carbocycles. The zero-order valence-electron chi connectivity index (χ0n) is 42.8. The topological polar surface area (TPSA) is 120 Å². The van der Waals surface area contributed by atoms with Crippen molar-refractivity contribution < 1.29 is 41.2 Å². The predicted octanol–water partition coefficient (Wildman–Crippen LogP) is 12.5. The SMILES string of the molecule is COc1ccc(CN(Cc2ccc(OC)cc2)c2cc(-c3nc4c5c(nc(SC)nc5c3F)N(C(C)c3cccnc3N(Cc3ccc(OC)cc3)Cc3ccc(OC)cc3)[C@@H](C)CO4)c(C(F)(F)F)c(C)n2)cc1. The fraction of sp³-hybridized carbons (Fsp3) is 0.281. The first-order chi connectivity index (χ1) is 36.2. The molecule has 0 bridgehead atoms. The van der Waals surface area contributed by atoms with Crippen LogP contribution in [-0.4, -0.2) is 72.3 Å². The van der Waals surface area contributed by atoms with Gasteiger partial charge in [-0.3, -0.25) is 0 Å². The van der Waals surface area contributed by atoms with E-state index in [-0.39, 0.29) is 53.1 Å². The van der Waals surface area contributed by atoms with E-state index in [1.165, 1.54) is 24.8 Å². The highest BCUT2D eigenvalue weighted by Gasteiger charge is 2.40. The number of nitrogens with zero attached hydrogens (tertiary/aromatic N) is 8. The molecule has 18 heteroatoms. The van der Waals surface area contributed by atoms with Crippen LogP contribution in [0.4, 0.5) is 35.0 Å². The van der Waals surface area contributed by atoms with Crippen molar-refractivity contribution in [2.24, 2.45) is 0 Å². The van der Waals surface area contributed by atoms with Crippen LogP contribution in [0.3, 0.4) is 0 Å². The summed E-state index contributed by atoms with van der Waals surface area (Å²) in [6.07, 6.45) is -1.45. The molecule has 0 radical (unpaired) electrons. The highest BCUT2D eigenvalue weighted by Crippen LogP contribution is 2.47. The number of anilines is 3. The van der Waals surface area contributed by atoms with Crippen LogP contribution in [0.2, 0.25) is 0 Å². The van der Waals surface area contributed by atoms with Crippen molar-refractivity contribution in [3.63, 3.8) is 0 Å². The molecule has 0 saturated carbocycles. The molecule has 0 spiro atoms. The summed E-state index contributed by atoms with van der Waals surface area (Å²) < 4.78 is 92.5. The summed E-state index contributed by atoms with van der Waals surface area (Å²) >= 11 is 1.18. The zero-order valence-corrected chi connectivity index (χ0v) is 43.6. The number of thioether (sulfide) groups is 1. The van der Waals surface area contributed by atoms with Gasteiger partial charge in [-0.1, -0.05) is 66.4 Å². The lowest BCUT2D eigenvalue weighted by atomic mass is 10.00. The molecule has 4 aromatic heterocycles. The summed E-state index contributed by atoms with van der Waals surface area (Å²) in [6.45, 7) is 6.69. The summed E-state index contributed by atoms with van der Waals surface area (Å²) in [5.74, 6) is 2.76. The van der Waals surface area contributed by atoms with Gasteiger partial charge in [-0.2, -0.15) is 13.2 Å². The zero-order chi connectivity index (χ0) is 53.0. The molecule has 5 heterocycles. The lowest BCUT2D eigenvalue weighted by molar-refractivity contribution is -0.137. The predicted molar refractivity (Wildman–Crippen MR) is 284 cm³/mol. The molecule has 388 valence electrons. The van der Waals surface area contributed by atoms with Crippen LogP contribution in [-0.2, 0) is 32.4 Å². The number of pyridine rings is 3. The second-order valence-corrected chi connectivity index (χ2v) is 18.9. The van der Waals surface area contributed by atoms with E-state index in [0.29, 0.717) is 36.2 Å². The third-order valence-electron chi connectivity index (χ3n) is 13.2. The summed E-state index contributed by atoms with van der Waals surface area (Å²) in [4.78, 5) is 30.0. The first kappa shape index (κ1) is 52.0. The fourth-order valence-electron chi connectivity index (χ4n) is 9.46. The summed E-state index contributed by atoms with van der Waals surface area (Å²) in [7, 11) is 6.39. The highest BCUT2D eigenvalue weighted by molar-refractivity contribution is 7.98. The fourth-order valence-corrected chi connectivity index (χ4v) is 9.82. The molecule has 0 saturated heterocycles. The molecule has 8 aromatic rings. The summed E-state index contributed by atoms with van der Waals surface area (Å²) in [6, 6.07) is 34.7. The number of benzene rings is 4. The Bertz CT molecular complexity index is 3180. The number of ether oxygens (including phenoxy) is 5. The number of alkyl halides is 3. The van der Waals surface area contributed by atoms with Gasteiger partial charge in [-0.15, -0.1) is 0 Å². The van der Waals surface area contributed by atoms with Crippen LogP contribution in [0.5, 0.6) is 28.9 Å². The van der Waals surface area contributed by atoms with Crippen LogP contribution < -0.4 is 38.4 Å². The lowest BCUT2D eigenvalue weighted by Crippen LogP contribution is -2.39. The molecular weight excluding hydrogens is 985 g/mol. The van der Waals surface area contributed by atoms with Crippen LogP contribution in [0.25, 0.3) is 22.2 Å². The van der Waals surface area contributed by atoms with Crippen LogP contribution >= 0.6 is 11.8 Å². The maximum Gasteiger partial charge on any atom is 0.418 e. The normalized spacial score (nSPS) is 13.7. The average Bonchev–Trinajstić information content (AvgIpc) is 3.56. The van der Waals surface area contributed by atoms with Gasteiger partial charge in [0.25, 0.3) is 0 Å². The number of halogens is 4. The van der Waals surface area contributed by atoms with Crippen molar-refractivity contribution in [3.05, 3.63) is 166 Å². The Hall–Kier alpha value is -7.86. The minimum atomic E-state index is -4.96. The van der Waals surface area contributed by atoms with Gasteiger partial charge in [0, 0.05) is 43.5 Å². The molecule has 13 nitrogen and oxygen atoms in total. The van der Waals surface area contributed by atoms with E-state index < -0.39 is 40.9 Å². The average molecular weight is 1040 g/mol. The Morgan fingerprint density at radius 2 is 1.20 bits per heavy atom. The number of hydrogen-bond donors (Lipinski definition) is 0. The van der Waals surface area contributed by atoms with Gasteiger partial charge in [-0.05, 0) is 110 Å². The monoisotopic (exact) mass is 1040 g/mol. The minimum absolute atomic E-state index is 0.0176. The molecule has 4 aromatic carbocycles. The second-order valence-electron chi connectivity index (χ2n) is 18.1. The Labute approximate surface area is 437 Å². The third kappa shape index (κ3) is 11.2. The smallest absolute Gasteiger partial charge is 0.418 e. The van der Waals surface area contributed by atoms with Gasteiger partial charge in [0.2, 0.25) is 5.88 Å². The second kappa shape index (κ2) is 22.3. The Morgan fingerprint density at radius 3 is 1.67 bits per heavy atom. The maximum absolute atomic E-state index is 17.9. The number of aromatic nitrogens is 5. The molecule has 75 heavy (non-hydrogen) atoms. The molecular formula is C57H56F4N8O5S. The van der Waals surface area contributed by atoms with Crippen molar-refractivity contribution in [2.75, 3.05) is 56.0 Å². The van der Waals surface area contributed by atoms with E-state index in [4.69, 9.17) is 33.7 Å². The Kier molecular flexibility index (Phi) is 15.5. The van der Waals surface area contributed by atoms with Crippen molar-refractivity contribution >= 4 is 40.1 Å². The first-order valence-corrected chi connectivity index (χ1v) is 25.3. The van der Waals surface area contributed by atoms with Crippen molar-refractivity contribution in [1.82, 2.24) is 24.9 Å². The number of methoxy groups -OCH3 is 4. The van der Waals surface area contributed by atoms with Crippen LogP contribution in [0.15, 0.2) is 127 Å². The summed E-state index contributed by atoms with van der Waals surface area (Å²) in [5, 5.41) is 0.329. The molecule has 0 fully saturated rings. The number of hydrogen-bond acceptors (Lipinski definition) is 14. The Morgan fingerprint density at radius 1 is 0.707 bits per heavy atom. The van der Waals surface area contributed by atoms with E-state index in [1.807, 2.05) is 109 Å². The maximum atomic E-state index is 17.9. The van der Waals surface area contributed by atoms with Crippen molar-refractivity contribution in [3.8, 4) is 40.1 Å². The molecule has 1 aliphatic rings.